The van der Waals surface area contributed by atoms with Crippen molar-refractivity contribution >= 4 is 0 Å². The van der Waals surface area contributed by atoms with E-state index >= 15 is 0 Å². The molecule has 2 bridgehead atoms. The number of ether oxygens (including phenoxy) is 2. The van der Waals surface area contributed by atoms with Crippen LogP contribution < -0.4 is 0 Å². The first-order chi connectivity index (χ1) is 14.8. The molecule has 2 N–H and O–H groups in total. The average Bonchev–Trinajstić information content (AvgIpc) is 2.81. The molecule has 2 aromatic carbocycles. The largest absolute Gasteiger partial charge is 0.395 e. The van der Waals surface area contributed by atoms with Gasteiger partial charge in [-0.3, -0.25) is 9.80 Å². The Balaban J connectivity index is 1.42. The Morgan fingerprint density at radius 2 is 1.07 bits per heavy atom. The van der Waals surface area contributed by atoms with Gasteiger partial charge in [-0.1, -0.05) is 60.7 Å². The molecule has 0 amide bonds. The molecule has 3 saturated heterocycles. The lowest BCUT2D eigenvalue weighted by atomic mass is 9.90. The van der Waals surface area contributed by atoms with E-state index in [1.807, 2.05) is 36.4 Å². The summed E-state index contributed by atoms with van der Waals surface area (Å²) in [4.78, 5) is 4.64. The zero-order chi connectivity index (χ0) is 20.8. The third-order valence-corrected chi connectivity index (χ3v) is 6.30. The SMILES string of the molecule is OCC1CN2C(CO)CN1C(COCc1ccccc1)C2COCc1ccccc1. The van der Waals surface area contributed by atoms with E-state index in [1.54, 1.807) is 0 Å². The molecule has 6 unspecified atom stereocenters. The number of aliphatic hydroxyl groups is 2. The number of hydrogen-bond acceptors (Lipinski definition) is 6. The van der Waals surface area contributed by atoms with Crippen molar-refractivity contribution < 1.29 is 19.7 Å². The predicted octanol–water partition coefficient (Wildman–Crippen LogP) is 1.51. The van der Waals surface area contributed by atoms with Crippen LogP contribution in [0, 0.1) is 0 Å². The van der Waals surface area contributed by atoms with Crippen LogP contribution >= 0.6 is 0 Å². The summed E-state index contributed by atoms with van der Waals surface area (Å²) in [6.07, 6.45) is 0. The molecule has 162 valence electrons. The van der Waals surface area contributed by atoms with E-state index in [9.17, 15) is 10.2 Å². The molecule has 0 aromatic heterocycles. The van der Waals surface area contributed by atoms with E-state index in [1.165, 1.54) is 0 Å². The van der Waals surface area contributed by atoms with Crippen molar-refractivity contribution in [3.8, 4) is 0 Å². The fourth-order valence-electron chi connectivity index (χ4n) is 4.73. The van der Waals surface area contributed by atoms with Gasteiger partial charge in [0, 0.05) is 25.2 Å². The van der Waals surface area contributed by atoms with Crippen molar-refractivity contribution in [3.63, 3.8) is 0 Å². The van der Waals surface area contributed by atoms with Gasteiger partial charge in [-0.05, 0) is 11.1 Å². The molecule has 2 aromatic rings. The molecule has 3 aliphatic rings. The quantitative estimate of drug-likeness (QED) is 0.617. The molecule has 5 rings (SSSR count). The van der Waals surface area contributed by atoms with Gasteiger partial charge < -0.3 is 19.7 Å². The molecule has 0 spiro atoms. The van der Waals surface area contributed by atoms with Crippen LogP contribution in [0.15, 0.2) is 60.7 Å². The van der Waals surface area contributed by atoms with Crippen molar-refractivity contribution in [1.29, 1.82) is 0 Å². The van der Waals surface area contributed by atoms with Gasteiger partial charge in [0.15, 0.2) is 0 Å². The second-order valence-electron chi connectivity index (χ2n) is 8.20. The maximum Gasteiger partial charge on any atom is 0.0717 e. The predicted molar refractivity (Wildman–Crippen MR) is 115 cm³/mol. The summed E-state index contributed by atoms with van der Waals surface area (Å²) in [7, 11) is 0. The molecule has 6 nitrogen and oxygen atoms in total. The number of fused-ring (bicyclic) bond motifs is 3. The second kappa shape index (κ2) is 10.5. The molecule has 0 radical (unpaired) electrons. The second-order valence-corrected chi connectivity index (χ2v) is 8.20. The van der Waals surface area contributed by atoms with Crippen LogP contribution in [0.4, 0.5) is 0 Å². The van der Waals surface area contributed by atoms with Crippen LogP contribution in [0.25, 0.3) is 0 Å². The summed E-state index contributed by atoms with van der Waals surface area (Å²) >= 11 is 0. The standard InChI is InChI=1S/C24H32N2O4/c27-13-21-12-26-22(14-28)11-25(21)23(17-29-15-19-7-3-1-4-8-19)24(26)18-30-16-20-9-5-2-6-10-20/h1-10,21-24,27-28H,11-18H2. The zero-order valence-corrected chi connectivity index (χ0v) is 17.3. The zero-order valence-electron chi connectivity index (χ0n) is 17.3. The van der Waals surface area contributed by atoms with Crippen molar-refractivity contribution in [2.75, 3.05) is 39.5 Å². The molecule has 3 fully saturated rings. The first-order valence-corrected chi connectivity index (χ1v) is 10.8. The molecular formula is C24H32N2O4. The smallest absolute Gasteiger partial charge is 0.0717 e. The Kier molecular flexibility index (Phi) is 7.49. The van der Waals surface area contributed by atoms with Crippen LogP contribution in [-0.2, 0) is 22.7 Å². The van der Waals surface area contributed by atoms with Gasteiger partial charge in [-0.2, -0.15) is 0 Å². The Morgan fingerprint density at radius 3 is 1.43 bits per heavy atom. The Bertz CT molecular complexity index is 695. The summed E-state index contributed by atoms with van der Waals surface area (Å²) in [6.45, 7) is 3.99. The van der Waals surface area contributed by atoms with Crippen LogP contribution in [0.1, 0.15) is 11.1 Å². The maximum absolute atomic E-state index is 9.90. The molecular weight excluding hydrogens is 380 g/mol. The normalized spacial score (nSPS) is 30.5. The molecule has 6 heteroatoms. The summed E-state index contributed by atoms with van der Waals surface area (Å²) in [5.41, 5.74) is 2.30. The highest BCUT2D eigenvalue weighted by molar-refractivity contribution is 5.14. The van der Waals surface area contributed by atoms with Gasteiger partial charge in [-0.25, -0.2) is 0 Å². The van der Waals surface area contributed by atoms with E-state index in [0.717, 1.165) is 24.2 Å². The van der Waals surface area contributed by atoms with Gasteiger partial charge in [0.25, 0.3) is 0 Å². The lowest BCUT2D eigenvalue weighted by Gasteiger charge is -2.59. The Morgan fingerprint density at radius 1 is 0.667 bits per heavy atom. The van der Waals surface area contributed by atoms with Crippen molar-refractivity contribution in [1.82, 2.24) is 9.80 Å². The lowest BCUT2D eigenvalue weighted by Crippen LogP contribution is -2.76. The van der Waals surface area contributed by atoms with Gasteiger partial charge in [-0.15, -0.1) is 0 Å². The summed E-state index contributed by atoms with van der Waals surface area (Å²) < 4.78 is 12.2. The third kappa shape index (κ3) is 4.91. The van der Waals surface area contributed by atoms with Crippen molar-refractivity contribution in [2.24, 2.45) is 0 Å². The first kappa shape index (κ1) is 21.4. The minimum atomic E-state index is 0.0727. The first-order valence-electron chi connectivity index (χ1n) is 10.8. The van der Waals surface area contributed by atoms with Gasteiger partial charge in [0.2, 0.25) is 0 Å². The molecule has 0 saturated carbocycles. The molecule has 3 aliphatic heterocycles. The number of hydrogen-bond donors (Lipinski definition) is 2. The molecule has 3 heterocycles. The summed E-state index contributed by atoms with van der Waals surface area (Å²) in [5, 5.41) is 19.8. The van der Waals surface area contributed by atoms with Crippen LogP contribution in [0.5, 0.6) is 0 Å². The van der Waals surface area contributed by atoms with E-state index in [4.69, 9.17) is 9.47 Å². The van der Waals surface area contributed by atoms with Crippen LogP contribution in [-0.4, -0.2) is 83.7 Å². The maximum atomic E-state index is 9.90. The van der Waals surface area contributed by atoms with E-state index < -0.39 is 0 Å². The fourth-order valence-corrected chi connectivity index (χ4v) is 4.73. The highest BCUT2D eigenvalue weighted by atomic mass is 16.5. The van der Waals surface area contributed by atoms with Gasteiger partial charge >= 0.3 is 0 Å². The third-order valence-electron chi connectivity index (χ3n) is 6.30. The summed E-state index contributed by atoms with van der Waals surface area (Å²) in [6, 6.07) is 20.7. The molecule has 6 atom stereocenters. The minimum Gasteiger partial charge on any atom is -0.395 e. The van der Waals surface area contributed by atoms with E-state index in [0.29, 0.717) is 26.4 Å². The van der Waals surface area contributed by atoms with Crippen molar-refractivity contribution in [2.45, 2.75) is 37.4 Å². The Labute approximate surface area is 178 Å². The number of nitrogens with zero attached hydrogens (tertiary/aromatic N) is 2. The topological polar surface area (TPSA) is 65.4 Å². The summed E-state index contributed by atoms with van der Waals surface area (Å²) in [5.74, 6) is 0. The number of benzene rings is 2. The van der Waals surface area contributed by atoms with E-state index in [2.05, 4.69) is 34.1 Å². The lowest BCUT2D eigenvalue weighted by molar-refractivity contribution is -0.161. The number of rotatable bonds is 10. The van der Waals surface area contributed by atoms with Crippen LogP contribution in [0.3, 0.4) is 0 Å². The van der Waals surface area contributed by atoms with E-state index in [-0.39, 0.29) is 37.4 Å². The molecule has 0 aliphatic carbocycles. The minimum absolute atomic E-state index is 0.0727. The highest BCUT2D eigenvalue weighted by Gasteiger charge is 2.49. The Hall–Kier alpha value is -1.80. The van der Waals surface area contributed by atoms with Gasteiger partial charge in [0.1, 0.15) is 0 Å². The number of aliphatic hydroxyl groups excluding tert-OH is 2. The van der Waals surface area contributed by atoms with Crippen LogP contribution in [0.2, 0.25) is 0 Å². The molecule has 30 heavy (non-hydrogen) atoms. The number of piperazine rings is 3. The highest BCUT2D eigenvalue weighted by Crippen LogP contribution is 2.31. The average molecular weight is 413 g/mol. The van der Waals surface area contributed by atoms with Gasteiger partial charge in [0.05, 0.1) is 51.7 Å². The monoisotopic (exact) mass is 412 g/mol. The fraction of sp³-hybridized carbons (Fsp3) is 0.500. The van der Waals surface area contributed by atoms with Crippen molar-refractivity contribution in [3.05, 3.63) is 71.8 Å².